The summed E-state index contributed by atoms with van der Waals surface area (Å²) in [5.41, 5.74) is 4.23. The molecule has 11 aromatic rings. The predicted molar refractivity (Wildman–Crippen MR) is 538 cm³/mol. The lowest BCUT2D eigenvalue weighted by atomic mass is 10.1. The number of aryl methyl sites for hydroxylation is 2. The van der Waals surface area contributed by atoms with Crippen molar-refractivity contribution >= 4 is 118 Å². The number of anilines is 2. The number of amides is 2. The van der Waals surface area contributed by atoms with Crippen molar-refractivity contribution in [1.29, 1.82) is 1.43 Å². The zero-order valence-corrected chi connectivity index (χ0v) is 89.8. The molecule has 0 aliphatic carbocycles. The number of ether oxygens (including phenoxy) is 4. The van der Waals surface area contributed by atoms with Crippen LogP contribution in [-0.4, -0.2) is 265 Å². The Morgan fingerprint density at radius 1 is 0.486 bits per heavy atom. The van der Waals surface area contributed by atoms with Gasteiger partial charge in [0.2, 0.25) is 1.43 Å². The Balaban J connectivity index is 0.000000228. The van der Waals surface area contributed by atoms with Gasteiger partial charge in [0.15, 0.2) is 147 Å². The minimum absolute atomic E-state index is 0.0403. The van der Waals surface area contributed by atoms with E-state index in [0.29, 0.717) is 64.2 Å². The Labute approximate surface area is 832 Å². The molecule has 8 aromatic heterocycles. The van der Waals surface area contributed by atoms with E-state index >= 15 is 17.6 Å². The van der Waals surface area contributed by atoms with Gasteiger partial charge in [-0.15, -0.1) is 21.3 Å². The molecule has 46 heteroatoms. The number of aromatic nitrogens is 16. The van der Waals surface area contributed by atoms with Crippen LogP contribution in [-0.2, 0) is 63.1 Å². The number of aliphatic hydroxyl groups excluding tert-OH is 3. The van der Waals surface area contributed by atoms with Gasteiger partial charge in [0.25, 0.3) is 11.8 Å². The van der Waals surface area contributed by atoms with Crippen LogP contribution in [0.4, 0.5) is 29.2 Å². The first-order chi connectivity index (χ1) is 67.9. The zero-order chi connectivity index (χ0) is 105. The normalized spacial score (nSPS) is 23.2. The molecule has 6 unspecified atom stereocenters. The molecule has 0 bridgehead atoms. The van der Waals surface area contributed by atoms with Crippen LogP contribution >= 0.6 is 16.3 Å². The second kappa shape index (κ2) is 46.2. The summed E-state index contributed by atoms with van der Waals surface area (Å²) in [5.74, 6) is 12.6. The van der Waals surface area contributed by atoms with Gasteiger partial charge >= 0.3 is 16.3 Å². The third kappa shape index (κ3) is 25.0. The van der Waals surface area contributed by atoms with Gasteiger partial charge in [-0.1, -0.05) is 150 Å². The number of aliphatic hydroxyl groups is 3. The first kappa shape index (κ1) is 108. The van der Waals surface area contributed by atoms with Crippen LogP contribution in [0.25, 0.3) is 44.7 Å². The summed E-state index contributed by atoms with van der Waals surface area (Å²) in [4.78, 5) is 94.2. The van der Waals surface area contributed by atoms with Crippen molar-refractivity contribution in [2.45, 2.75) is 287 Å². The average molecular weight is 2080 g/mol. The quantitative estimate of drug-likeness (QED) is 0.0146. The lowest BCUT2D eigenvalue weighted by Gasteiger charge is -2.39. The third-order valence-electron chi connectivity index (χ3n) is 27.2. The molecule has 36 nitrogen and oxygen atoms in total. The lowest BCUT2D eigenvalue weighted by molar-refractivity contribution is -0.0445. The molecule has 2 amide bonds. The second-order valence-electron chi connectivity index (χ2n) is 40.7. The number of hydrogen-bond acceptors (Lipinski definition) is 29. The second-order valence-corrected chi connectivity index (χ2v) is 61.6. The molecule has 0 radical (unpaired) electrons. The summed E-state index contributed by atoms with van der Waals surface area (Å²) < 4.78 is 166. The van der Waals surface area contributed by atoms with Gasteiger partial charge in [-0.3, -0.25) is 42.2 Å². The number of fused-ring (bicyclic) bond motifs is 4. The standard InChI is InChI=1S/C44H58F2N9O9PSi2.C44H59F2N9O6Si2.C7H8O2P.CH4O/c1-43(2,3)66(7,8)60-22-30-35(63-65(58)59)31(45)41(62-30)54-25-51-33-28(47-23-48-37(33)54)19-15-12-16-20-53(40(57)27-17-13-11-14-18-27)38-34-39(50-24-49-38)55(26-52-34)42-32(46)36(29(21-56)61-42)64-67(9,10)44(4,5)6;1-27-36(61-63(10,11)44(5,6)7)32(46)42(59-27)55-26-52-34-38(49-24-50-39(34)55)53(40(57)28-18-14-12-15-19-28)21-17-13-16-20-29-33-37(48-23-47-29)54(25-51-33)41-31(45)35(56)30(60-41)22-58-62(8,9)43(2,3)4;1-10(8)9-7-5-3-2-4-6-7;1-2/h11,13-14,17-18,23-26,29-32,35-36,41-42,56H,15,19-22H2,1-10H3;12,14-15,18-19,23-27,30-32,35-36,41-42,56H,16,20-22H2,1-11H3;2-6H,1H3;2H,1H3/q;;+1;/p+1/t29-,30-,31-,32-,35-,36-,41?,42?;27-,30-,31-,32-,35-,36-,41?,42?;;/m11../s1/i;1D;;2T. The molecule has 18 atom stereocenters. The molecule has 764 valence electrons. The predicted octanol–water partition coefficient (Wildman–Crippen LogP) is 16.7. The van der Waals surface area contributed by atoms with Crippen molar-refractivity contribution in [3.8, 4) is 29.4 Å². The minimum atomic E-state index is -3.14. The summed E-state index contributed by atoms with van der Waals surface area (Å²) >= 11 is 0. The molecule has 15 rings (SSSR count). The molecule has 4 aliphatic heterocycles. The van der Waals surface area contributed by atoms with Crippen LogP contribution in [0.5, 0.6) is 5.75 Å². The average Bonchev–Trinajstić information content (AvgIpc) is 1.59. The largest absolute Gasteiger partial charge is 0.695 e. The van der Waals surface area contributed by atoms with Crippen LogP contribution in [0.2, 0.25) is 72.5 Å². The molecule has 4 aliphatic rings. The molecule has 12 heterocycles. The number of imidazole rings is 4. The van der Waals surface area contributed by atoms with E-state index in [1.165, 1.54) is 92.5 Å². The van der Waals surface area contributed by atoms with Crippen molar-refractivity contribution < 1.29 is 104 Å². The van der Waals surface area contributed by atoms with Gasteiger partial charge in [-0.25, -0.2) is 77.4 Å². The van der Waals surface area contributed by atoms with Gasteiger partial charge in [-0.2, -0.15) is 0 Å². The van der Waals surface area contributed by atoms with E-state index < -0.39 is 160 Å². The molecule has 4 fully saturated rings. The Hall–Kier alpha value is -10.0. The monoisotopic (exact) mass is 2080 g/mol. The highest BCUT2D eigenvalue weighted by molar-refractivity contribution is 7.38. The lowest BCUT2D eigenvalue weighted by Crippen LogP contribution is -2.49. The number of rotatable bonds is 29. The number of nitrogens with zero attached hydrogens (tertiary/aromatic N) is 18. The summed E-state index contributed by atoms with van der Waals surface area (Å²) in [6.07, 6.45) is -7.96. The highest BCUT2D eigenvalue weighted by Crippen LogP contribution is 2.48. The van der Waals surface area contributed by atoms with E-state index in [2.05, 4.69) is 164 Å². The van der Waals surface area contributed by atoms with Crippen LogP contribution in [0.1, 0.15) is 161 Å². The summed E-state index contributed by atoms with van der Waals surface area (Å²) in [5, 5.41) is 23.9. The van der Waals surface area contributed by atoms with Crippen LogP contribution < -0.4 is 14.3 Å². The number of benzene rings is 3. The van der Waals surface area contributed by atoms with Gasteiger partial charge < -0.3 is 52.0 Å². The number of halogens is 4. The Bertz CT molecular complexity index is 6370. The molecule has 0 spiro atoms. The Morgan fingerprint density at radius 2 is 0.838 bits per heavy atom. The van der Waals surface area contributed by atoms with Gasteiger partial charge in [0.05, 0.1) is 75.7 Å². The van der Waals surface area contributed by atoms with E-state index in [1.54, 1.807) is 66.7 Å². The van der Waals surface area contributed by atoms with Gasteiger partial charge in [-0.05, 0) is 120 Å². The number of carbonyl (C=O) groups excluding carboxylic acids is 2. The zero-order valence-electron chi connectivity index (χ0n) is 86.0. The minimum Gasteiger partial charge on any atom is -0.414 e. The number of hydrogen-bond donors (Lipinski definition) is 4. The Kier molecular flexibility index (Phi) is 35.0. The molecule has 142 heavy (non-hydrogen) atoms. The van der Waals surface area contributed by atoms with Gasteiger partial charge in [0, 0.05) is 49.9 Å². The number of para-hydroxylation sites is 1. The van der Waals surface area contributed by atoms with Crippen molar-refractivity contribution in [1.82, 2.24) is 78.1 Å². The van der Waals surface area contributed by atoms with E-state index in [1.807, 2.05) is 84.3 Å². The van der Waals surface area contributed by atoms with Crippen molar-refractivity contribution in [2.75, 3.05) is 56.5 Å². The van der Waals surface area contributed by atoms with E-state index in [-0.39, 0.29) is 105 Å². The number of carbonyl (C=O) groups is 2. The Morgan fingerprint density at radius 3 is 1.24 bits per heavy atom. The van der Waals surface area contributed by atoms with E-state index in [4.69, 9.17) is 48.5 Å². The van der Waals surface area contributed by atoms with Crippen LogP contribution in [0, 0.1) is 23.7 Å². The maximum absolute atomic E-state index is 16.4. The molecular weight excluding hydrogens is 1940 g/mol. The molecule has 3 aromatic carbocycles. The maximum atomic E-state index is 16.4. The van der Waals surface area contributed by atoms with Crippen LogP contribution in [0.15, 0.2) is 142 Å². The van der Waals surface area contributed by atoms with E-state index in [0.717, 1.165) is 0 Å². The fraction of sp³-hybridized carbons (Fsp3) is 0.542. The molecule has 0 saturated carbocycles. The smallest absolute Gasteiger partial charge is 0.414 e. The molecule has 4 saturated heterocycles. The SMILES string of the molecule is CC(C)(C)[Si](C)(C)OC[C@H]1OC(n2cnc3c(CCC#CCN(C(=O)c4ccccc4)c4ncnc5c4ncn5C4O[C@H](CO)[C@@H](O[Si](C)(C)C(C)(C)C)[C@H]4F)ncnc32)[C@H](F)[C@@H]1O[P+](=O)O.C[P+](=O)Oc1ccccc1.[2H]C[C@H]1OC(n2cnc3c(N(CC#CCCc4ncnc5c4ncn5C4O[C@H](CO[Si](C)(C)C(C)(C)C)[C@@H](O)[C@H]4F)C(=O)c4ccccc4)ncnc32)[C@H](F)[C@@H]1O[Si](C)(C)C(C)(C)C.[3H]OC. The van der Waals surface area contributed by atoms with Crippen molar-refractivity contribution in [3.05, 3.63) is 164 Å². The highest BCUT2D eigenvalue weighted by Gasteiger charge is 2.56. The highest BCUT2D eigenvalue weighted by atomic mass is 31.1. The fourth-order valence-corrected chi connectivity index (χ4v) is 20.6. The van der Waals surface area contributed by atoms with E-state index in [9.17, 15) is 33.8 Å². The fourth-order valence-electron chi connectivity index (χ4n) is 15.0. The molecule has 4 N–H and O–H groups in total. The summed E-state index contributed by atoms with van der Waals surface area (Å²) in [6, 6.07) is 26.4. The van der Waals surface area contributed by atoms with Gasteiger partial charge in [0.1, 0.15) is 73.0 Å². The molecular formula is C96H130F4N18O18P2Si4+2. The first-order valence-electron chi connectivity index (χ1n) is 47.7. The topological polar surface area (TPSA) is 422 Å². The maximum Gasteiger partial charge on any atom is 0.695 e. The first-order valence-corrected chi connectivity index (χ1v) is 61.0. The third-order valence-corrected chi connectivity index (χ3v) is 46.0. The summed E-state index contributed by atoms with van der Waals surface area (Å²) in [6.45, 7) is 42.0. The van der Waals surface area contributed by atoms with Crippen LogP contribution in [0.3, 0.4) is 0 Å². The van der Waals surface area contributed by atoms with Crippen molar-refractivity contribution in [3.63, 3.8) is 0 Å². The summed E-state index contributed by atoms with van der Waals surface area (Å²) in [7, 11) is -12.7. The van der Waals surface area contributed by atoms with Crippen molar-refractivity contribution in [2.24, 2.45) is 0 Å². The number of alkyl halides is 4.